The van der Waals surface area contributed by atoms with Crippen molar-refractivity contribution in [1.82, 2.24) is 0 Å². The predicted octanol–water partition coefficient (Wildman–Crippen LogP) is 2.39. The molecule has 0 saturated carbocycles. The molecule has 0 bridgehead atoms. The van der Waals surface area contributed by atoms with Crippen LogP contribution in [0.5, 0.6) is 0 Å². The number of ether oxygens (including phenoxy) is 1. The molecule has 2 N–H and O–H groups in total. The summed E-state index contributed by atoms with van der Waals surface area (Å²) in [7, 11) is 0. The zero-order valence-corrected chi connectivity index (χ0v) is 10.1. The van der Waals surface area contributed by atoms with Crippen molar-refractivity contribution in [2.45, 2.75) is 12.6 Å². The number of halogens is 1. The van der Waals surface area contributed by atoms with E-state index >= 15 is 0 Å². The summed E-state index contributed by atoms with van der Waals surface area (Å²) < 4.78 is 17.8. The largest absolute Gasteiger partial charge is 0.479 e. The second-order valence-electron chi connectivity index (χ2n) is 3.72. The van der Waals surface area contributed by atoms with Gasteiger partial charge in [0.2, 0.25) is 6.17 Å². The van der Waals surface area contributed by atoms with E-state index in [1.54, 1.807) is 18.2 Å². The van der Waals surface area contributed by atoms with Crippen molar-refractivity contribution in [1.29, 1.82) is 0 Å². The van der Waals surface area contributed by atoms with E-state index in [-0.39, 0.29) is 13.0 Å². The topological polar surface area (TPSA) is 75.6 Å². The van der Waals surface area contributed by atoms with Crippen LogP contribution < -0.4 is 5.32 Å². The number of aliphatic carboxylic acids is 1. The van der Waals surface area contributed by atoms with Crippen molar-refractivity contribution in [2.24, 2.45) is 0 Å². The Morgan fingerprint density at radius 3 is 2.89 bits per heavy atom. The zero-order valence-electron chi connectivity index (χ0n) is 10.1. The predicted molar refractivity (Wildman–Crippen MR) is 67.8 cm³/mol. The van der Waals surface area contributed by atoms with E-state index in [0.29, 0.717) is 11.3 Å². The van der Waals surface area contributed by atoms with Crippen LogP contribution >= 0.6 is 0 Å². The fourth-order valence-corrected chi connectivity index (χ4v) is 1.36. The van der Waals surface area contributed by atoms with Crippen LogP contribution in [0.1, 0.15) is 5.56 Å². The third-order valence-corrected chi connectivity index (χ3v) is 2.19. The van der Waals surface area contributed by atoms with Crippen molar-refractivity contribution in [2.75, 3.05) is 11.9 Å². The molecule has 1 atom stereocenters. The van der Waals surface area contributed by atoms with Gasteiger partial charge in [0, 0.05) is 12.1 Å². The molecule has 1 amide bonds. The summed E-state index contributed by atoms with van der Waals surface area (Å²) in [6.45, 7) is 3.48. The number of hydrogen-bond acceptors (Lipinski definition) is 3. The molecular weight excluding hydrogens is 253 g/mol. The molecular formula is C13H14FNO4. The summed E-state index contributed by atoms with van der Waals surface area (Å²) in [4.78, 5) is 21.7. The minimum atomic E-state index is -1.97. The molecule has 0 heterocycles. The number of nitrogens with one attached hydrogen (secondary N) is 1. The van der Waals surface area contributed by atoms with E-state index in [9.17, 15) is 14.0 Å². The van der Waals surface area contributed by atoms with Crippen molar-refractivity contribution >= 4 is 17.7 Å². The van der Waals surface area contributed by atoms with Crippen molar-refractivity contribution in [3.8, 4) is 0 Å². The summed E-state index contributed by atoms with van der Waals surface area (Å²) in [6, 6.07) is 6.25. The third-order valence-electron chi connectivity index (χ3n) is 2.19. The van der Waals surface area contributed by atoms with Crippen molar-refractivity contribution in [3.63, 3.8) is 0 Å². The molecule has 102 valence electrons. The number of anilines is 1. The van der Waals surface area contributed by atoms with E-state index in [2.05, 4.69) is 11.9 Å². The molecule has 0 aromatic heterocycles. The molecule has 0 radical (unpaired) electrons. The number of carboxylic acids is 1. The van der Waals surface area contributed by atoms with E-state index in [4.69, 9.17) is 9.84 Å². The SMILES string of the molecule is C=CCOC(=O)Nc1cccc(CC(F)C(=O)O)c1. The van der Waals surface area contributed by atoms with E-state index < -0.39 is 18.2 Å². The van der Waals surface area contributed by atoms with Gasteiger partial charge in [0.15, 0.2) is 0 Å². The molecule has 1 aromatic rings. The maximum absolute atomic E-state index is 13.0. The fourth-order valence-electron chi connectivity index (χ4n) is 1.36. The summed E-state index contributed by atoms with van der Waals surface area (Å²) in [6.07, 6.45) is -1.46. The summed E-state index contributed by atoms with van der Waals surface area (Å²) in [5, 5.41) is 10.9. The maximum atomic E-state index is 13.0. The van der Waals surface area contributed by atoms with Crippen LogP contribution in [-0.4, -0.2) is 29.9 Å². The van der Waals surface area contributed by atoms with Crippen LogP contribution in [0.4, 0.5) is 14.9 Å². The number of carbonyl (C=O) groups excluding carboxylic acids is 1. The van der Waals surface area contributed by atoms with Gasteiger partial charge in [-0.1, -0.05) is 24.8 Å². The van der Waals surface area contributed by atoms with Gasteiger partial charge < -0.3 is 9.84 Å². The van der Waals surface area contributed by atoms with Crippen molar-refractivity contribution < 1.29 is 23.8 Å². The van der Waals surface area contributed by atoms with Crippen LogP contribution in [0.25, 0.3) is 0 Å². The van der Waals surface area contributed by atoms with Gasteiger partial charge in [-0.05, 0) is 17.7 Å². The number of carboxylic acid groups (broad SMARTS) is 1. The number of carbonyl (C=O) groups is 2. The quantitative estimate of drug-likeness (QED) is 0.776. The Hall–Kier alpha value is -2.37. The molecule has 0 aliphatic heterocycles. The molecule has 1 rings (SSSR count). The lowest BCUT2D eigenvalue weighted by Gasteiger charge is -2.08. The molecule has 19 heavy (non-hydrogen) atoms. The lowest BCUT2D eigenvalue weighted by Crippen LogP contribution is -2.17. The van der Waals surface area contributed by atoms with Gasteiger partial charge in [-0.3, -0.25) is 5.32 Å². The van der Waals surface area contributed by atoms with E-state index in [1.165, 1.54) is 12.1 Å². The number of amides is 1. The first kappa shape index (κ1) is 14.7. The lowest BCUT2D eigenvalue weighted by molar-refractivity contribution is -0.142. The van der Waals surface area contributed by atoms with Gasteiger partial charge in [-0.15, -0.1) is 0 Å². The second kappa shape index (κ2) is 7.15. The Labute approximate surface area is 109 Å². The standard InChI is InChI=1S/C13H14FNO4/c1-2-6-19-13(18)15-10-5-3-4-9(7-10)8-11(14)12(16)17/h2-5,7,11H,1,6,8H2,(H,15,18)(H,16,17). The highest BCUT2D eigenvalue weighted by Gasteiger charge is 2.16. The van der Waals surface area contributed by atoms with E-state index in [1.807, 2.05) is 0 Å². The highest BCUT2D eigenvalue weighted by Crippen LogP contribution is 2.14. The van der Waals surface area contributed by atoms with Gasteiger partial charge in [-0.2, -0.15) is 0 Å². The summed E-state index contributed by atoms with van der Waals surface area (Å²) in [5.41, 5.74) is 0.876. The average Bonchev–Trinajstić information content (AvgIpc) is 2.36. The molecule has 0 spiro atoms. The lowest BCUT2D eigenvalue weighted by atomic mass is 10.1. The first-order chi connectivity index (χ1) is 9.02. The van der Waals surface area contributed by atoms with Gasteiger partial charge in [0.05, 0.1) is 0 Å². The molecule has 1 aromatic carbocycles. The third kappa shape index (κ3) is 5.20. The smallest absolute Gasteiger partial charge is 0.411 e. The van der Waals surface area contributed by atoms with Crippen LogP contribution in [0.2, 0.25) is 0 Å². The number of rotatable bonds is 6. The number of hydrogen-bond donors (Lipinski definition) is 2. The average molecular weight is 267 g/mol. The Morgan fingerprint density at radius 2 is 2.26 bits per heavy atom. The first-order valence-corrected chi connectivity index (χ1v) is 5.53. The Balaban J connectivity index is 2.64. The van der Waals surface area contributed by atoms with Gasteiger partial charge in [-0.25, -0.2) is 14.0 Å². The molecule has 0 aliphatic carbocycles. The summed E-state index contributed by atoms with van der Waals surface area (Å²) in [5.74, 6) is -1.51. The monoisotopic (exact) mass is 267 g/mol. The molecule has 0 aliphatic rings. The Bertz CT molecular complexity index is 475. The van der Waals surface area contributed by atoms with Crippen molar-refractivity contribution in [3.05, 3.63) is 42.5 Å². The minimum absolute atomic E-state index is 0.0804. The Kier molecular flexibility index (Phi) is 5.53. The second-order valence-corrected chi connectivity index (χ2v) is 3.72. The highest BCUT2D eigenvalue weighted by molar-refractivity contribution is 5.84. The normalized spacial score (nSPS) is 11.4. The number of benzene rings is 1. The van der Waals surface area contributed by atoms with Gasteiger partial charge >= 0.3 is 12.1 Å². The Morgan fingerprint density at radius 1 is 1.53 bits per heavy atom. The first-order valence-electron chi connectivity index (χ1n) is 5.53. The van der Waals surface area contributed by atoms with Crippen LogP contribution in [0, 0.1) is 0 Å². The van der Waals surface area contributed by atoms with Crippen LogP contribution in [-0.2, 0) is 16.0 Å². The maximum Gasteiger partial charge on any atom is 0.411 e. The van der Waals surface area contributed by atoms with Gasteiger partial charge in [0.1, 0.15) is 6.61 Å². The zero-order chi connectivity index (χ0) is 14.3. The summed E-state index contributed by atoms with van der Waals surface area (Å²) >= 11 is 0. The molecule has 0 saturated heterocycles. The molecule has 5 nitrogen and oxygen atoms in total. The highest BCUT2D eigenvalue weighted by atomic mass is 19.1. The molecule has 0 fully saturated rings. The van der Waals surface area contributed by atoms with Crippen LogP contribution in [0.3, 0.4) is 0 Å². The minimum Gasteiger partial charge on any atom is -0.479 e. The fraction of sp³-hybridized carbons (Fsp3) is 0.231. The molecule has 1 unspecified atom stereocenters. The molecule has 6 heteroatoms. The number of alkyl halides is 1. The van der Waals surface area contributed by atoms with E-state index in [0.717, 1.165) is 0 Å². The van der Waals surface area contributed by atoms with Gasteiger partial charge in [0.25, 0.3) is 0 Å². The van der Waals surface area contributed by atoms with Crippen LogP contribution in [0.15, 0.2) is 36.9 Å².